The van der Waals surface area contributed by atoms with Gasteiger partial charge in [0, 0.05) is 24.5 Å². The lowest BCUT2D eigenvalue weighted by molar-refractivity contribution is 0.831. The van der Waals surface area contributed by atoms with E-state index in [1.54, 1.807) is 0 Å². The predicted molar refractivity (Wildman–Crippen MR) is 83.5 cm³/mol. The molecule has 0 bridgehead atoms. The van der Waals surface area contributed by atoms with Gasteiger partial charge >= 0.3 is 0 Å². The van der Waals surface area contributed by atoms with E-state index in [1.165, 1.54) is 16.8 Å². The smallest absolute Gasteiger partial charge is 0.0429 e. The van der Waals surface area contributed by atoms with Crippen LogP contribution in [0.15, 0.2) is 42.5 Å². The maximum absolute atomic E-state index is 5.87. The van der Waals surface area contributed by atoms with Crippen LogP contribution in [0.5, 0.6) is 0 Å². The molecule has 0 spiro atoms. The lowest BCUT2D eigenvalue weighted by Crippen LogP contribution is -2.22. The van der Waals surface area contributed by atoms with E-state index in [0.717, 1.165) is 24.3 Å². The molecule has 0 aliphatic carbocycles. The Morgan fingerprint density at radius 3 is 2.47 bits per heavy atom. The van der Waals surface area contributed by atoms with Gasteiger partial charge < -0.3 is 10.6 Å². The summed E-state index contributed by atoms with van der Waals surface area (Å²) in [6.45, 7) is 8.28. The van der Waals surface area contributed by atoms with Crippen LogP contribution in [0.3, 0.4) is 0 Å². The SMILES string of the molecule is CCN(Cc1ccc(N)c(C)c1)c1cccc(C)c1. The van der Waals surface area contributed by atoms with Gasteiger partial charge in [0.05, 0.1) is 0 Å². The van der Waals surface area contributed by atoms with Crippen LogP contribution in [0.25, 0.3) is 0 Å². The second-order valence-electron chi connectivity index (χ2n) is 5.04. The van der Waals surface area contributed by atoms with Gasteiger partial charge in [-0.15, -0.1) is 0 Å². The second kappa shape index (κ2) is 5.79. The van der Waals surface area contributed by atoms with Crippen molar-refractivity contribution in [3.8, 4) is 0 Å². The highest BCUT2D eigenvalue weighted by Gasteiger charge is 2.06. The maximum atomic E-state index is 5.87. The molecule has 2 aromatic rings. The summed E-state index contributed by atoms with van der Waals surface area (Å²) in [5.74, 6) is 0. The van der Waals surface area contributed by atoms with Crippen LogP contribution in [0.4, 0.5) is 11.4 Å². The molecule has 0 aliphatic heterocycles. The van der Waals surface area contributed by atoms with Crippen molar-refractivity contribution in [3.05, 3.63) is 59.2 Å². The second-order valence-corrected chi connectivity index (χ2v) is 5.04. The Bertz CT molecular complexity index is 561. The summed E-state index contributed by atoms with van der Waals surface area (Å²) in [6, 6.07) is 14.9. The monoisotopic (exact) mass is 254 g/mol. The minimum absolute atomic E-state index is 0.863. The molecular formula is C17H22N2. The Balaban J connectivity index is 2.21. The molecule has 0 heterocycles. The Hall–Kier alpha value is -1.96. The average Bonchev–Trinajstić information content (AvgIpc) is 2.40. The molecule has 0 aromatic heterocycles. The first kappa shape index (κ1) is 13.5. The van der Waals surface area contributed by atoms with E-state index < -0.39 is 0 Å². The van der Waals surface area contributed by atoms with Crippen molar-refractivity contribution in [3.63, 3.8) is 0 Å². The number of hydrogen-bond donors (Lipinski definition) is 1. The molecule has 2 N–H and O–H groups in total. The Kier molecular flexibility index (Phi) is 4.10. The van der Waals surface area contributed by atoms with Crippen molar-refractivity contribution >= 4 is 11.4 Å². The summed E-state index contributed by atoms with van der Waals surface area (Å²) in [6.07, 6.45) is 0. The van der Waals surface area contributed by atoms with Gasteiger partial charge in [0.25, 0.3) is 0 Å². The summed E-state index contributed by atoms with van der Waals surface area (Å²) in [4.78, 5) is 2.37. The number of benzene rings is 2. The minimum Gasteiger partial charge on any atom is -0.399 e. The van der Waals surface area contributed by atoms with Gasteiger partial charge in [-0.25, -0.2) is 0 Å². The van der Waals surface area contributed by atoms with Crippen molar-refractivity contribution in [2.24, 2.45) is 0 Å². The van der Waals surface area contributed by atoms with Crippen LogP contribution in [0, 0.1) is 13.8 Å². The van der Waals surface area contributed by atoms with Crippen LogP contribution >= 0.6 is 0 Å². The zero-order chi connectivity index (χ0) is 13.8. The molecule has 100 valence electrons. The van der Waals surface area contributed by atoms with Gasteiger partial charge in [0.1, 0.15) is 0 Å². The number of nitrogens with zero attached hydrogens (tertiary/aromatic N) is 1. The molecule has 0 amide bonds. The van der Waals surface area contributed by atoms with Gasteiger partial charge in [-0.2, -0.15) is 0 Å². The van der Waals surface area contributed by atoms with E-state index in [1.807, 2.05) is 6.07 Å². The topological polar surface area (TPSA) is 29.3 Å². The predicted octanol–water partition coefficient (Wildman–Crippen LogP) is 3.91. The Morgan fingerprint density at radius 1 is 1.05 bits per heavy atom. The number of nitrogen functional groups attached to an aromatic ring is 1. The van der Waals surface area contributed by atoms with E-state index in [2.05, 4.69) is 62.1 Å². The highest BCUT2D eigenvalue weighted by atomic mass is 15.1. The summed E-state index contributed by atoms with van der Waals surface area (Å²) >= 11 is 0. The van der Waals surface area contributed by atoms with Gasteiger partial charge in [-0.1, -0.05) is 24.3 Å². The molecule has 2 nitrogen and oxygen atoms in total. The Labute approximate surface area is 115 Å². The Morgan fingerprint density at radius 2 is 1.84 bits per heavy atom. The van der Waals surface area contributed by atoms with Gasteiger partial charge in [0.2, 0.25) is 0 Å². The number of anilines is 2. The third-order valence-electron chi connectivity index (χ3n) is 3.46. The van der Waals surface area contributed by atoms with Crippen molar-refractivity contribution in [1.29, 1.82) is 0 Å². The molecule has 0 unspecified atom stereocenters. The number of aryl methyl sites for hydroxylation is 2. The first-order valence-corrected chi connectivity index (χ1v) is 6.76. The standard InChI is InChI=1S/C17H22N2/c1-4-19(16-7-5-6-13(2)10-16)12-15-8-9-17(18)14(3)11-15/h5-11H,4,12,18H2,1-3H3. The van der Waals surface area contributed by atoms with E-state index in [-0.39, 0.29) is 0 Å². The summed E-state index contributed by atoms with van der Waals surface area (Å²) in [7, 11) is 0. The van der Waals surface area contributed by atoms with Crippen molar-refractivity contribution in [2.45, 2.75) is 27.3 Å². The third kappa shape index (κ3) is 3.28. The highest BCUT2D eigenvalue weighted by molar-refractivity contribution is 5.51. The van der Waals surface area contributed by atoms with E-state index in [9.17, 15) is 0 Å². The van der Waals surface area contributed by atoms with Crippen molar-refractivity contribution < 1.29 is 0 Å². The quantitative estimate of drug-likeness (QED) is 0.838. The average molecular weight is 254 g/mol. The molecule has 0 fully saturated rings. The van der Waals surface area contributed by atoms with Crippen LogP contribution in [0.1, 0.15) is 23.6 Å². The highest BCUT2D eigenvalue weighted by Crippen LogP contribution is 2.20. The molecule has 0 atom stereocenters. The molecule has 0 aliphatic rings. The van der Waals surface area contributed by atoms with Crippen LogP contribution < -0.4 is 10.6 Å². The molecule has 19 heavy (non-hydrogen) atoms. The molecular weight excluding hydrogens is 232 g/mol. The van der Waals surface area contributed by atoms with E-state index >= 15 is 0 Å². The molecule has 0 radical (unpaired) electrons. The van der Waals surface area contributed by atoms with Crippen molar-refractivity contribution in [2.75, 3.05) is 17.2 Å². The zero-order valence-electron chi connectivity index (χ0n) is 12.0. The normalized spacial score (nSPS) is 10.5. The van der Waals surface area contributed by atoms with Gasteiger partial charge in [-0.3, -0.25) is 0 Å². The summed E-state index contributed by atoms with van der Waals surface area (Å²) < 4.78 is 0. The molecule has 2 aromatic carbocycles. The number of hydrogen-bond acceptors (Lipinski definition) is 2. The fraction of sp³-hybridized carbons (Fsp3) is 0.294. The van der Waals surface area contributed by atoms with E-state index in [0.29, 0.717) is 0 Å². The maximum Gasteiger partial charge on any atom is 0.0429 e. The fourth-order valence-corrected chi connectivity index (χ4v) is 2.27. The lowest BCUT2D eigenvalue weighted by atomic mass is 10.1. The van der Waals surface area contributed by atoms with Crippen LogP contribution in [0.2, 0.25) is 0 Å². The summed E-state index contributed by atoms with van der Waals surface area (Å²) in [5, 5.41) is 0. The largest absolute Gasteiger partial charge is 0.399 e. The fourth-order valence-electron chi connectivity index (χ4n) is 2.27. The first-order chi connectivity index (χ1) is 9.10. The van der Waals surface area contributed by atoms with E-state index in [4.69, 9.17) is 5.73 Å². The third-order valence-corrected chi connectivity index (χ3v) is 3.46. The van der Waals surface area contributed by atoms with Crippen molar-refractivity contribution in [1.82, 2.24) is 0 Å². The zero-order valence-corrected chi connectivity index (χ0v) is 12.0. The minimum atomic E-state index is 0.863. The number of rotatable bonds is 4. The van der Waals surface area contributed by atoms with Gasteiger partial charge in [0.15, 0.2) is 0 Å². The van der Waals surface area contributed by atoms with Crippen LogP contribution in [-0.2, 0) is 6.54 Å². The van der Waals surface area contributed by atoms with Crippen LogP contribution in [-0.4, -0.2) is 6.54 Å². The molecule has 2 rings (SSSR count). The number of nitrogens with two attached hydrogens (primary N) is 1. The lowest BCUT2D eigenvalue weighted by Gasteiger charge is -2.24. The molecule has 0 saturated heterocycles. The molecule has 2 heteroatoms. The molecule has 0 saturated carbocycles. The first-order valence-electron chi connectivity index (χ1n) is 6.76. The summed E-state index contributed by atoms with van der Waals surface area (Å²) in [5.41, 5.74) is 11.8. The van der Waals surface area contributed by atoms with Gasteiger partial charge in [-0.05, 0) is 55.7 Å².